The summed E-state index contributed by atoms with van der Waals surface area (Å²) in [5, 5.41) is 12.0. The van der Waals surface area contributed by atoms with E-state index in [0.29, 0.717) is 19.5 Å². The van der Waals surface area contributed by atoms with Crippen molar-refractivity contribution in [1.29, 1.82) is 0 Å². The molecule has 6 heteroatoms. The Morgan fingerprint density at radius 2 is 2.17 bits per heavy atom. The lowest BCUT2D eigenvalue weighted by molar-refractivity contribution is 0.0952. The van der Waals surface area contributed by atoms with E-state index in [1.165, 1.54) is 12.1 Å². The first-order valence-electron chi connectivity index (χ1n) is 8.09. The smallest absolute Gasteiger partial charge is 0.317 e. The lowest BCUT2D eigenvalue weighted by atomic mass is 10.00. The molecule has 2 atom stereocenters. The normalized spacial score (nSPS) is 19.4. The minimum Gasteiger partial charge on any atom is -0.396 e. The van der Waals surface area contributed by atoms with Gasteiger partial charge in [-0.2, -0.15) is 0 Å². The van der Waals surface area contributed by atoms with Crippen molar-refractivity contribution in [2.24, 2.45) is 0 Å². The van der Waals surface area contributed by atoms with Gasteiger partial charge in [-0.3, -0.25) is 0 Å². The Labute approximate surface area is 136 Å². The third kappa shape index (κ3) is 4.91. The zero-order valence-corrected chi connectivity index (χ0v) is 13.5. The van der Waals surface area contributed by atoms with Crippen LogP contribution in [0, 0.1) is 5.82 Å². The fourth-order valence-corrected chi connectivity index (χ4v) is 3.01. The average Bonchev–Trinajstić information content (AvgIpc) is 2.57. The fraction of sp³-hybridized carbons (Fsp3) is 0.588. The number of aliphatic hydroxyl groups is 1. The Hall–Kier alpha value is -1.66. The van der Waals surface area contributed by atoms with E-state index >= 15 is 0 Å². The van der Waals surface area contributed by atoms with Crippen LogP contribution in [-0.4, -0.2) is 48.9 Å². The molecule has 23 heavy (non-hydrogen) atoms. The maximum absolute atomic E-state index is 13.0. The van der Waals surface area contributed by atoms with Gasteiger partial charge < -0.3 is 20.1 Å². The predicted molar refractivity (Wildman–Crippen MR) is 85.6 cm³/mol. The molecule has 0 saturated carbocycles. The van der Waals surface area contributed by atoms with E-state index in [4.69, 9.17) is 9.84 Å². The second-order valence-corrected chi connectivity index (χ2v) is 5.82. The molecule has 128 valence electrons. The van der Waals surface area contributed by atoms with E-state index in [9.17, 15) is 9.18 Å². The molecule has 1 heterocycles. The number of piperidine rings is 1. The number of aliphatic hydroxyl groups excluding tert-OH is 1. The molecular weight excluding hydrogens is 299 g/mol. The Morgan fingerprint density at radius 1 is 1.43 bits per heavy atom. The fourth-order valence-electron chi connectivity index (χ4n) is 3.01. The molecular formula is C17H25FN2O3. The maximum Gasteiger partial charge on any atom is 0.317 e. The number of nitrogens with one attached hydrogen (secondary N) is 1. The summed E-state index contributed by atoms with van der Waals surface area (Å²) in [4.78, 5) is 14.2. The van der Waals surface area contributed by atoms with Gasteiger partial charge in [-0.1, -0.05) is 12.1 Å². The van der Waals surface area contributed by atoms with Crippen LogP contribution in [-0.2, 0) is 4.74 Å². The number of halogens is 1. The van der Waals surface area contributed by atoms with Gasteiger partial charge in [0.2, 0.25) is 0 Å². The molecule has 1 aromatic carbocycles. The van der Waals surface area contributed by atoms with E-state index in [1.54, 1.807) is 24.1 Å². The highest BCUT2D eigenvalue weighted by atomic mass is 19.1. The molecule has 1 aliphatic heterocycles. The maximum atomic E-state index is 13.0. The zero-order valence-electron chi connectivity index (χ0n) is 13.5. The first-order chi connectivity index (χ1) is 11.2. The second kappa shape index (κ2) is 8.84. The molecule has 2 N–H and O–H groups in total. The molecule has 1 saturated heterocycles. The van der Waals surface area contributed by atoms with Gasteiger partial charge in [-0.05, 0) is 43.4 Å². The molecule has 1 aromatic rings. The van der Waals surface area contributed by atoms with Crippen molar-refractivity contribution in [2.45, 2.75) is 37.8 Å². The largest absolute Gasteiger partial charge is 0.396 e. The third-order valence-electron chi connectivity index (χ3n) is 4.32. The van der Waals surface area contributed by atoms with Gasteiger partial charge in [0.05, 0.1) is 6.10 Å². The molecule has 0 aromatic heterocycles. The van der Waals surface area contributed by atoms with Gasteiger partial charge in [0, 0.05) is 32.8 Å². The SMILES string of the molecule is COC(CNC(=O)N1CCCCC1CCO)c1ccc(F)cc1. The summed E-state index contributed by atoms with van der Waals surface area (Å²) in [6.45, 7) is 1.12. The highest BCUT2D eigenvalue weighted by Crippen LogP contribution is 2.20. The van der Waals surface area contributed by atoms with Crippen LogP contribution in [0.3, 0.4) is 0 Å². The van der Waals surface area contributed by atoms with Crippen molar-refractivity contribution < 1.29 is 19.0 Å². The molecule has 1 aliphatic rings. The summed E-state index contributed by atoms with van der Waals surface area (Å²) in [5.74, 6) is -0.298. The monoisotopic (exact) mass is 324 g/mol. The Kier molecular flexibility index (Phi) is 6.80. The molecule has 0 spiro atoms. The number of likely N-dealkylation sites (tertiary alicyclic amines) is 1. The number of carbonyl (C=O) groups is 1. The molecule has 2 unspecified atom stereocenters. The zero-order chi connectivity index (χ0) is 16.7. The Bertz CT molecular complexity index is 493. The summed E-state index contributed by atoms with van der Waals surface area (Å²) < 4.78 is 18.4. The van der Waals surface area contributed by atoms with Crippen LogP contribution in [0.5, 0.6) is 0 Å². The lowest BCUT2D eigenvalue weighted by Gasteiger charge is -2.35. The molecule has 5 nitrogen and oxygen atoms in total. The number of rotatable bonds is 6. The highest BCUT2D eigenvalue weighted by molar-refractivity contribution is 5.74. The van der Waals surface area contributed by atoms with E-state index in [-0.39, 0.29) is 30.6 Å². The number of hydrogen-bond acceptors (Lipinski definition) is 3. The first kappa shape index (κ1) is 17.7. The average molecular weight is 324 g/mol. The number of benzene rings is 1. The minimum atomic E-state index is -0.319. The van der Waals surface area contributed by atoms with Crippen LogP contribution >= 0.6 is 0 Å². The van der Waals surface area contributed by atoms with Crippen molar-refractivity contribution >= 4 is 6.03 Å². The summed E-state index contributed by atoms with van der Waals surface area (Å²) in [6, 6.07) is 6.04. The van der Waals surface area contributed by atoms with Crippen LogP contribution in [0.2, 0.25) is 0 Å². The van der Waals surface area contributed by atoms with Gasteiger partial charge in [-0.15, -0.1) is 0 Å². The third-order valence-corrected chi connectivity index (χ3v) is 4.32. The van der Waals surface area contributed by atoms with Crippen molar-refractivity contribution in [3.05, 3.63) is 35.6 Å². The van der Waals surface area contributed by atoms with Gasteiger partial charge in [0.25, 0.3) is 0 Å². The minimum absolute atomic E-state index is 0.0880. The summed E-state index contributed by atoms with van der Waals surface area (Å²) >= 11 is 0. The number of urea groups is 1. The molecule has 0 aliphatic carbocycles. The molecule has 2 rings (SSSR count). The highest BCUT2D eigenvalue weighted by Gasteiger charge is 2.26. The van der Waals surface area contributed by atoms with Crippen LogP contribution in [0.15, 0.2) is 24.3 Å². The standard InChI is InChI=1S/C17H25FN2O3/c1-23-16(13-5-7-14(18)8-6-13)12-19-17(22)20-10-3-2-4-15(20)9-11-21/h5-8,15-16,21H,2-4,9-12H2,1H3,(H,19,22). The van der Waals surface area contributed by atoms with Crippen molar-refractivity contribution in [2.75, 3.05) is 26.8 Å². The second-order valence-electron chi connectivity index (χ2n) is 5.82. The van der Waals surface area contributed by atoms with E-state index < -0.39 is 0 Å². The summed E-state index contributed by atoms with van der Waals surface area (Å²) in [6.07, 6.45) is 3.30. The first-order valence-corrected chi connectivity index (χ1v) is 8.09. The Morgan fingerprint density at radius 3 is 2.83 bits per heavy atom. The van der Waals surface area contributed by atoms with Gasteiger partial charge in [0.1, 0.15) is 5.82 Å². The van der Waals surface area contributed by atoms with Crippen molar-refractivity contribution in [3.63, 3.8) is 0 Å². The van der Waals surface area contributed by atoms with Crippen molar-refractivity contribution in [3.8, 4) is 0 Å². The topological polar surface area (TPSA) is 61.8 Å². The van der Waals surface area contributed by atoms with Crippen LogP contribution < -0.4 is 5.32 Å². The number of hydrogen-bond donors (Lipinski definition) is 2. The number of methoxy groups -OCH3 is 1. The quantitative estimate of drug-likeness (QED) is 0.845. The number of carbonyl (C=O) groups excluding carboxylic acids is 1. The predicted octanol–water partition coefficient (Wildman–Crippen LogP) is 2.46. The number of nitrogens with zero attached hydrogens (tertiary/aromatic N) is 1. The van der Waals surface area contributed by atoms with Gasteiger partial charge in [0.15, 0.2) is 0 Å². The molecule has 0 bridgehead atoms. The molecule has 2 amide bonds. The Balaban J connectivity index is 1.92. The number of amides is 2. The van der Waals surface area contributed by atoms with E-state index in [2.05, 4.69) is 5.32 Å². The molecule has 1 fully saturated rings. The van der Waals surface area contributed by atoms with Crippen LogP contribution in [0.25, 0.3) is 0 Å². The van der Waals surface area contributed by atoms with E-state index in [0.717, 1.165) is 24.8 Å². The number of ether oxygens (including phenoxy) is 1. The summed E-state index contributed by atoms with van der Waals surface area (Å²) in [7, 11) is 1.57. The lowest BCUT2D eigenvalue weighted by Crippen LogP contribution is -2.49. The van der Waals surface area contributed by atoms with Crippen LogP contribution in [0.1, 0.15) is 37.4 Å². The van der Waals surface area contributed by atoms with Crippen molar-refractivity contribution in [1.82, 2.24) is 10.2 Å². The van der Waals surface area contributed by atoms with E-state index in [1.807, 2.05) is 0 Å². The van der Waals surface area contributed by atoms with Gasteiger partial charge >= 0.3 is 6.03 Å². The van der Waals surface area contributed by atoms with Crippen LogP contribution in [0.4, 0.5) is 9.18 Å². The molecule has 0 radical (unpaired) electrons. The van der Waals surface area contributed by atoms with Gasteiger partial charge in [-0.25, -0.2) is 9.18 Å². The summed E-state index contributed by atoms with van der Waals surface area (Å²) in [5.41, 5.74) is 0.819.